The van der Waals surface area contributed by atoms with Crippen LogP contribution in [0.25, 0.3) is 0 Å². The maximum atomic E-state index is 12.0. The van der Waals surface area contributed by atoms with E-state index in [2.05, 4.69) is 6.92 Å². The van der Waals surface area contributed by atoms with Gasteiger partial charge in [0.2, 0.25) is 5.91 Å². The molecule has 2 fully saturated rings. The van der Waals surface area contributed by atoms with Crippen molar-refractivity contribution in [2.24, 2.45) is 5.73 Å². The topological polar surface area (TPSA) is 46.3 Å². The van der Waals surface area contributed by atoms with E-state index in [0.29, 0.717) is 5.25 Å². The first-order valence-electron chi connectivity index (χ1n) is 5.32. The molecule has 1 heterocycles. The van der Waals surface area contributed by atoms with Crippen LogP contribution in [0.4, 0.5) is 0 Å². The molecule has 14 heavy (non-hydrogen) atoms. The van der Waals surface area contributed by atoms with Gasteiger partial charge in [-0.25, -0.2) is 0 Å². The molecule has 0 aromatic rings. The highest BCUT2D eigenvalue weighted by Gasteiger charge is 2.43. The van der Waals surface area contributed by atoms with Crippen LogP contribution in [0.15, 0.2) is 0 Å². The lowest BCUT2D eigenvalue weighted by Crippen LogP contribution is -2.61. The molecule has 1 aliphatic carbocycles. The lowest BCUT2D eigenvalue weighted by molar-refractivity contribution is -0.140. The first-order valence-corrected chi connectivity index (χ1v) is 6.36. The minimum atomic E-state index is -0.498. The predicted molar refractivity (Wildman–Crippen MR) is 59.3 cm³/mol. The van der Waals surface area contributed by atoms with E-state index in [4.69, 9.17) is 5.73 Å². The lowest BCUT2D eigenvalue weighted by atomic mass is 9.76. The molecule has 0 radical (unpaired) electrons. The number of nitrogens with zero attached hydrogens (tertiary/aromatic N) is 1. The van der Waals surface area contributed by atoms with Gasteiger partial charge in [-0.2, -0.15) is 11.8 Å². The van der Waals surface area contributed by atoms with Crippen molar-refractivity contribution in [2.75, 3.05) is 18.8 Å². The summed E-state index contributed by atoms with van der Waals surface area (Å²) in [4.78, 5) is 14.0. The molecule has 2 rings (SSSR count). The third-order valence-electron chi connectivity index (χ3n) is 3.20. The van der Waals surface area contributed by atoms with Crippen LogP contribution in [0.1, 0.15) is 26.2 Å². The van der Waals surface area contributed by atoms with Gasteiger partial charge in [-0.1, -0.05) is 6.92 Å². The number of nitrogens with two attached hydrogens (primary N) is 1. The van der Waals surface area contributed by atoms with Gasteiger partial charge in [0, 0.05) is 24.1 Å². The second kappa shape index (κ2) is 3.74. The average molecular weight is 214 g/mol. The van der Waals surface area contributed by atoms with Crippen LogP contribution in [-0.2, 0) is 4.79 Å². The maximum Gasteiger partial charge on any atom is 0.242 e. The van der Waals surface area contributed by atoms with Gasteiger partial charge in [0.25, 0.3) is 0 Å². The number of carbonyl (C=O) groups excluding carboxylic acids is 1. The number of thioether (sulfide) groups is 1. The molecule has 80 valence electrons. The summed E-state index contributed by atoms with van der Waals surface area (Å²) in [7, 11) is 0. The van der Waals surface area contributed by atoms with E-state index in [1.54, 1.807) is 0 Å². The first kappa shape index (κ1) is 10.3. The van der Waals surface area contributed by atoms with Gasteiger partial charge in [0.05, 0.1) is 5.54 Å². The van der Waals surface area contributed by atoms with Gasteiger partial charge >= 0.3 is 0 Å². The number of rotatable bonds is 1. The Morgan fingerprint density at radius 2 is 2.29 bits per heavy atom. The highest BCUT2D eigenvalue weighted by atomic mass is 32.2. The largest absolute Gasteiger partial charge is 0.339 e. The Balaban J connectivity index is 1.96. The number of carbonyl (C=O) groups is 1. The molecule has 3 nitrogen and oxygen atoms in total. The molecular weight excluding hydrogens is 196 g/mol. The van der Waals surface area contributed by atoms with E-state index in [1.807, 2.05) is 16.7 Å². The van der Waals surface area contributed by atoms with Crippen LogP contribution >= 0.6 is 11.8 Å². The minimum Gasteiger partial charge on any atom is -0.339 e. The van der Waals surface area contributed by atoms with Crippen molar-refractivity contribution < 1.29 is 4.79 Å². The van der Waals surface area contributed by atoms with Gasteiger partial charge in [-0.05, 0) is 19.3 Å². The fraction of sp³-hybridized carbons (Fsp3) is 0.900. The van der Waals surface area contributed by atoms with E-state index < -0.39 is 5.54 Å². The summed E-state index contributed by atoms with van der Waals surface area (Å²) in [5.74, 6) is 1.25. The quantitative estimate of drug-likeness (QED) is 0.703. The first-order chi connectivity index (χ1) is 6.62. The molecule has 0 bridgehead atoms. The molecular formula is C10H18N2OS. The van der Waals surface area contributed by atoms with Crippen LogP contribution in [-0.4, -0.2) is 40.4 Å². The fourth-order valence-corrected chi connectivity index (χ4v) is 3.10. The molecule has 1 saturated carbocycles. The Kier molecular flexibility index (Phi) is 2.75. The zero-order valence-electron chi connectivity index (χ0n) is 8.66. The van der Waals surface area contributed by atoms with Gasteiger partial charge in [0.1, 0.15) is 0 Å². The van der Waals surface area contributed by atoms with Crippen molar-refractivity contribution >= 4 is 17.7 Å². The molecule has 1 saturated heterocycles. The summed E-state index contributed by atoms with van der Waals surface area (Å²) in [6.07, 6.45) is 2.87. The average Bonchev–Trinajstić information content (AvgIpc) is 2.13. The Morgan fingerprint density at radius 3 is 2.79 bits per heavy atom. The van der Waals surface area contributed by atoms with Gasteiger partial charge < -0.3 is 10.6 Å². The normalized spacial score (nSPS) is 31.0. The van der Waals surface area contributed by atoms with Crippen molar-refractivity contribution in [1.29, 1.82) is 0 Å². The molecule has 0 aromatic heterocycles. The molecule has 0 aromatic carbocycles. The van der Waals surface area contributed by atoms with Crippen LogP contribution in [0.5, 0.6) is 0 Å². The molecule has 0 spiro atoms. The molecule has 1 aliphatic heterocycles. The van der Waals surface area contributed by atoms with Crippen LogP contribution in [0.3, 0.4) is 0 Å². The van der Waals surface area contributed by atoms with Crippen LogP contribution < -0.4 is 5.73 Å². The van der Waals surface area contributed by atoms with Gasteiger partial charge in [-0.15, -0.1) is 0 Å². The summed E-state index contributed by atoms with van der Waals surface area (Å²) in [6.45, 7) is 3.93. The van der Waals surface area contributed by atoms with E-state index >= 15 is 0 Å². The molecule has 4 heteroatoms. The fourth-order valence-electron chi connectivity index (χ4n) is 2.09. The molecule has 1 atom stereocenters. The van der Waals surface area contributed by atoms with Crippen molar-refractivity contribution in [2.45, 2.75) is 37.0 Å². The van der Waals surface area contributed by atoms with E-state index in [1.165, 1.54) is 0 Å². The Bertz CT molecular complexity index is 240. The third kappa shape index (κ3) is 1.77. The zero-order chi connectivity index (χ0) is 10.2. The predicted octanol–water partition coefficient (Wildman–Crippen LogP) is 0.832. The SMILES string of the molecule is CC1CN(C(=O)C2(N)CCC2)CCS1. The van der Waals surface area contributed by atoms with E-state index in [9.17, 15) is 4.79 Å². The Morgan fingerprint density at radius 1 is 1.57 bits per heavy atom. The van der Waals surface area contributed by atoms with Crippen LogP contribution in [0, 0.1) is 0 Å². The van der Waals surface area contributed by atoms with Crippen molar-refractivity contribution in [3.63, 3.8) is 0 Å². The summed E-state index contributed by atoms with van der Waals surface area (Å²) >= 11 is 1.94. The molecule has 1 unspecified atom stereocenters. The Labute approximate surface area is 89.4 Å². The van der Waals surface area contributed by atoms with E-state index in [0.717, 1.165) is 38.1 Å². The monoisotopic (exact) mass is 214 g/mol. The standard InChI is InChI=1S/C10H18N2OS/c1-8-7-12(5-6-14-8)9(13)10(11)3-2-4-10/h8H,2-7,11H2,1H3. The number of hydrogen-bond donors (Lipinski definition) is 1. The lowest BCUT2D eigenvalue weighted by Gasteiger charge is -2.42. The summed E-state index contributed by atoms with van der Waals surface area (Å²) in [5.41, 5.74) is 5.53. The summed E-state index contributed by atoms with van der Waals surface area (Å²) < 4.78 is 0. The number of hydrogen-bond acceptors (Lipinski definition) is 3. The third-order valence-corrected chi connectivity index (χ3v) is 4.34. The summed E-state index contributed by atoms with van der Waals surface area (Å²) in [6, 6.07) is 0. The second-order valence-corrected chi connectivity index (χ2v) is 5.99. The zero-order valence-corrected chi connectivity index (χ0v) is 9.48. The molecule has 2 aliphatic rings. The highest BCUT2D eigenvalue weighted by molar-refractivity contribution is 7.99. The summed E-state index contributed by atoms with van der Waals surface area (Å²) in [5, 5.41) is 0.566. The van der Waals surface area contributed by atoms with Gasteiger partial charge in [0.15, 0.2) is 0 Å². The molecule has 2 N–H and O–H groups in total. The smallest absolute Gasteiger partial charge is 0.242 e. The second-order valence-electron chi connectivity index (χ2n) is 4.44. The maximum absolute atomic E-state index is 12.0. The van der Waals surface area contributed by atoms with Gasteiger partial charge in [-0.3, -0.25) is 4.79 Å². The Hall–Kier alpha value is -0.220. The van der Waals surface area contributed by atoms with Crippen molar-refractivity contribution in [3.05, 3.63) is 0 Å². The van der Waals surface area contributed by atoms with Crippen molar-refractivity contribution in [1.82, 2.24) is 4.90 Å². The highest BCUT2D eigenvalue weighted by Crippen LogP contribution is 2.32. The van der Waals surface area contributed by atoms with Crippen LogP contribution in [0.2, 0.25) is 0 Å². The molecule has 1 amide bonds. The number of amides is 1. The van der Waals surface area contributed by atoms with Crippen molar-refractivity contribution in [3.8, 4) is 0 Å². The minimum absolute atomic E-state index is 0.191. The van der Waals surface area contributed by atoms with E-state index in [-0.39, 0.29) is 5.91 Å².